The second kappa shape index (κ2) is 7.33. The average molecular weight is 292 g/mol. The van der Waals surface area contributed by atoms with Gasteiger partial charge in [0, 0.05) is 18.7 Å². The SMILES string of the molecule is CCN(CCCCO)Cc1cc2ccc(F)cc2[nH]c1=O. The molecule has 0 spiro atoms. The summed E-state index contributed by atoms with van der Waals surface area (Å²) in [5.74, 6) is -0.356. The largest absolute Gasteiger partial charge is 0.396 e. The van der Waals surface area contributed by atoms with Crippen LogP contribution in [0.5, 0.6) is 0 Å². The van der Waals surface area contributed by atoms with Crippen LogP contribution < -0.4 is 5.56 Å². The maximum Gasteiger partial charge on any atom is 0.252 e. The van der Waals surface area contributed by atoms with Gasteiger partial charge in [0.25, 0.3) is 5.56 Å². The highest BCUT2D eigenvalue weighted by molar-refractivity contribution is 5.78. The molecule has 21 heavy (non-hydrogen) atoms. The quantitative estimate of drug-likeness (QED) is 0.770. The van der Waals surface area contributed by atoms with Crippen molar-refractivity contribution in [2.24, 2.45) is 0 Å². The normalized spacial score (nSPS) is 11.4. The van der Waals surface area contributed by atoms with Crippen LogP contribution in [-0.4, -0.2) is 34.7 Å². The minimum atomic E-state index is -0.356. The molecule has 2 aromatic rings. The summed E-state index contributed by atoms with van der Waals surface area (Å²) in [5.41, 5.74) is 1.03. The number of aromatic amines is 1. The molecule has 0 unspecified atom stereocenters. The Morgan fingerprint density at radius 2 is 2.10 bits per heavy atom. The molecular formula is C16H21FN2O2. The molecule has 0 aliphatic carbocycles. The van der Waals surface area contributed by atoms with Crippen molar-refractivity contribution in [1.82, 2.24) is 9.88 Å². The number of unbranched alkanes of at least 4 members (excludes halogenated alkanes) is 1. The molecule has 1 aromatic heterocycles. The second-order valence-corrected chi connectivity index (χ2v) is 5.15. The molecule has 114 valence electrons. The number of halogens is 1. The average Bonchev–Trinajstić information content (AvgIpc) is 2.47. The lowest BCUT2D eigenvalue weighted by molar-refractivity contribution is 0.243. The number of hydrogen-bond donors (Lipinski definition) is 2. The number of nitrogens with zero attached hydrogens (tertiary/aromatic N) is 1. The van der Waals surface area contributed by atoms with Gasteiger partial charge in [0.05, 0.1) is 5.52 Å². The number of nitrogens with one attached hydrogen (secondary N) is 1. The number of rotatable bonds is 7. The summed E-state index contributed by atoms with van der Waals surface area (Å²) in [6, 6.07) is 6.22. The fraction of sp³-hybridized carbons (Fsp3) is 0.438. The van der Waals surface area contributed by atoms with E-state index >= 15 is 0 Å². The van der Waals surface area contributed by atoms with Gasteiger partial charge in [-0.25, -0.2) is 4.39 Å². The number of fused-ring (bicyclic) bond motifs is 1. The number of aliphatic hydroxyl groups excluding tert-OH is 1. The van der Waals surface area contributed by atoms with E-state index < -0.39 is 0 Å². The van der Waals surface area contributed by atoms with Crippen LogP contribution in [0.15, 0.2) is 29.1 Å². The lowest BCUT2D eigenvalue weighted by Gasteiger charge is -2.20. The summed E-state index contributed by atoms with van der Waals surface area (Å²) in [4.78, 5) is 17.0. The second-order valence-electron chi connectivity index (χ2n) is 5.15. The monoisotopic (exact) mass is 292 g/mol. The van der Waals surface area contributed by atoms with Gasteiger partial charge >= 0.3 is 0 Å². The van der Waals surface area contributed by atoms with Gasteiger partial charge in [0.2, 0.25) is 0 Å². The first-order chi connectivity index (χ1) is 10.1. The molecule has 0 amide bonds. The molecule has 0 radical (unpaired) electrons. The molecule has 4 nitrogen and oxygen atoms in total. The Morgan fingerprint density at radius 1 is 1.29 bits per heavy atom. The molecule has 0 bridgehead atoms. The topological polar surface area (TPSA) is 56.3 Å². The Morgan fingerprint density at radius 3 is 2.81 bits per heavy atom. The van der Waals surface area contributed by atoms with E-state index in [4.69, 9.17) is 5.11 Å². The molecule has 2 N–H and O–H groups in total. The highest BCUT2D eigenvalue weighted by atomic mass is 19.1. The molecular weight excluding hydrogens is 271 g/mol. The lowest BCUT2D eigenvalue weighted by Crippen LogP contribution is -2.28. The fourth-order valence-corrected chi connectivity index (χ4v) is 2.37. The first-order valence-corrected chi connectivity index (χ1v) is 7.28. The van der Waals surface area contributed by atoms with E-state index in [0.717, 1.165) is 31.3 Å². The maximum absolute atomic E-state index is 13.2. The van der Waals surface area contributed by atoms with Crippen molar-refractivity contribution in [3.63, 3.8) is 0 Å². The smallest absolute Gasteiger partial charge is 0.252 e. The van der Waals surface area contributed by atoms with Crippen molar-refractivity contribution in [3.05, 3.63) is 46.0 Å². The van der Waals surface area contributed by atoms with E-state index in [-0.39, 0.29) is 18.0 Å². The maximum atomic E-state index is 13.2. The summed E-state index contributed by atoms with van der Waals surface area (Å²) in [6.07, 6.45) is 1.67. The first-order valence-electron chi connectivity index (χ1n) is 7.28. The molecule has 1 heterocycles. The van der Waals surface area contributed by atoms with Crippen LogP contribution >= 0.6 is 0 Å². The van der Waals surface area contributed by atoms with E-state index in [1.807, 2.05) is 13.0 Å². The van der Waals surface area contributed by atoms with Gasteiger partial charge < -0.3 is 10.1 Å². The Hall–Kier alpha value is -1.72. The van der Waals surface area contributed by atoms with Crippen molar-refractivity contribution in [3.8, 4) is 0 Å². The van der Waals surface area contributed by atoms with Crippen molar-refractivity contribution in [1.29, 1.82) is 0 Å². The first kappa shape index (κ1) is 15.7. The van der Waals surface area contributed by atoms with E-state index in [1.54, 1.807) is 6.07 Å². The van der Waals surface area contributed by atoms with Gasteiger partial charge in [-0.05, 0) is 55.6 Å². The van der Waals surface area contributed by atoms with Crippen LogP contribution in [0, 0.1) is 5.82 Å². The van der Waals surface area contributed by atoms with Gasteiger partial charge in [-0.15, -0.1) is 0 Å². The van der Waals surface area contributed by atoms with Crippen LogP contribution in [0.4, 0.5) is 4.39 Å². The van der Waals surface area contributed by atoms with Crippen LogP contribution in [0.25, 0.3) is 10.9 Å². The van der Waals surface area contributed by atoms with E-state index in [1.165, 1.54) is 12.1 Å². The molecule has 2 rings (SSSR count). The van der Waals surface area contributed by atoms with Crippen LogP contribution in [0.3, 0.4) is 0 Å². The Kier molecular flexibility index (Phi) is 5.47. The van der Waals surface area contributed by atoms with Crippen LogP contribution in [0.2, 0.25) is 0 Å². The number of benzene rings is 1. The third-order valence-corrected chi connectivity index (χ3v) is 3.61. The molecule has 0 saturated carbocycles. The van der Waals surface area contributed by atoms with Gasteiger partial charge in [-0.2, -0.15) is 0 Å². The van der Waals surface area contributed by atoms with Crippen molar-refractivity contribution in [2.75, 3.05) is 19.7 Å². The van der Waals surface area contributed by atoms with Crippen molar-refractivity contribution < 1.29 is 9.50 Å². The summed E-state index contributed by atoms with van der Waals surface area (Å²) < 4.78 is 13.2. The minimum absolute atomic E-state index is 0.172. The third kappa shape index (κ3) is 4.12. The highest BCUT2D eigenvalue weighted by Gasteiger charge is 2.08. The van der Waals surface area contributed by atoms with Gasteiger partial charge in [-0.1, -0.05) is 6.92 Å². The Balaban J connectivity index is 2.19. The molecule has 0 aliphatic heterocycles. The number of aliphatic hydroxyl groups is 1. The lowest BCUT2D eigenvalue weighted by atomic mass is 10.1. The molecule has 0 atom stereocenters. The van der Waals surface area contributed by atoms with Gasteiger partial charge in [0.1, 0.15) is 5.82 Å². The molecule has 0 fully saturated rings. The van der Waals surface area contributed by atoms with Crippen molar-refractivity contribution >= 4 is 10.9 Å². The molecule has 0 aliphatic rings. The Bertz CT molecular complexity index is 654. The van der Waals surface area contributed by atoms with Crippen LogP contribution in [0.1, 0.15) is 25.3 Å². The molecule has 5 heteroatoms. The zero-order chi connectivity index (χ0) is 15.2. The molecule has 1 aromatic carbocycles. The number of hydrogen-bond acceptors (Lipinski definition) is 3. The summed E-state index contributed by atoms with van der Waals surface area (Å²) >= 11 is 0. The standard InChI is InChI=1S/C16H21FN2O2/c1-2-19(7-3-4-8-20)11-13-9-12-5-6-14(17)10-15(12)18-16(13)21/h5-6,9-10,20H,2-4,7-8,11H2,1H3,(H,18,21). The predicted octanol–water partition coefficient (Wildman–Crippen LogP) is 2.26. The number of H-pyrrole nitrogens is 1. The number of pyridine rings is 1. The minimum Gasteiger partial charge on any atom is -0.396 e. The predicted molar refractivity (Wildman–Crippen MR) is 81.8 cm³/mol. The van der Waals surface area contributed by atoms with E-state index in [2.05, 4.69) is 9.88 Å². The summed E-state index contributed by atoms with van der Waals surface area (Å²) in [7, 11) is 0. The van der Waals surface area contributed by atoms with Crippen molar-refractivity contribution in [2.45, 2.75) is 26.3 Å². The van der Waals surface area contributed by atoms with Gasteiger partial charge in [-0.3, -0.25) is 9.69 Å². The third-order valence-electron chi connectivity index (χ3n) is 3.61. The van der Waals surface area contributed by atoms with Gasteiger partial charge in [0.15, 0.2) is 0 Å². The zero-order valence-corrected chi connectivity index (χ0v) is 12.2. The summed E-state index contributed by atoms with van der Waals surface area (Å²) in [6.45, 7) is 4.48. The van der Waals surface area contributed by atoms with E-state index in [9.17, 15) is 9.18 Å². The molecule has 0 saturated heterocycles. The zero-order valence-electron chi connectivity index (χ0n) is 12.2. The Labute approximate surface area is 123 Å². The fourth-order valence-electron chi connectivity index (χ4n) is 2.37. The highest BCUT2D eigenvalue weighted by Crippen LogP contribution is 2.13. The summed E-state index contributed by atoms with van der Waals surface area (Å²) in [5, 5.41) is 9.65. The number of aromatic nitrogens is 1. The van der Waals surface area contributed by atoms with Crippen LogP contribution in [-0.2, 0) is 6.54 Å². The van der Waals surface area contributed by atoms with E-state index in [0.29, 0.717) is 17.6 Å².